The molecule has 1 fully saturated rings. The molecule has 3 heterocycles. The van der Waals surface area contributed by atoms with E-state index < -0.39 is 17.7 Å². The summed E-state index contributed by atoms with van der Waals surface area (Å²) in [5, 5.41) is 0. The third kappa shape index (κ3) is 7.27. The number of fused-ring (bicyclic) bond motifs is 1. The molecule has 0 saturated carbocycles. The molecule has 0 radical (unpaired) electrons. The standard InChI is InChI=1S/C38H48FN3O4/c1-23(2)45-36(44)34(46-37(5,6)7)32-25(4)40-24(3)31(33(32)41-18-16-38(8,9)17-19-41)27-10-11-28-21-42(22-29(28)20-27)35(43)26-12-14-30(39)15-13-26/h10-15,20,23,34H,16-19,21-22H2,1-9H3/t34-/m0/s1. The number of anilines is 1. The van der Waals surface area contributed by atoms with Gasteiger partial charge in [-0.3, -0.25) is 9.78 Å². The molecule has 3 aromatic rings. The fraction of sp³-hybridized carbons (Fsp3) is 0.500. The van der Waals surface area contributed by atoms with Crippen LogP contribution in [0.25, 0.3) is 11.1 Å². The van der Waals surface area contributed by atoms with E-state index in [1.165, 1.54) is 24.3 Å². The molecule has 1 amide bonds. The molecule has 0 spiro atoms. The Morgan fingerprint density at radius 2 is 1.57 bits per heavy atom. The molecule has 2 aliphatic heterocycles. The van der Waals surface area contributed by atoms with Gasteiger partial charge in [0.1, 0.15) is 5.82 Å². The normalized spacial score (nSPS) is 16.8. The molecule has 1 atom stereocenters. The zero-order valence-corrected chi connectivity index (χ0v) is 28.8. The summed E-state index contributed by atoms with van der Waals surface area (Å²) >= 11 is 0. The van der Waals surface area contributed by atoms with Gasteiger partial charge >= 0.3 is 5.97 Å². The Morgan fingerprint density at radius 1 is 0.935 bits per heavy atom. The number of aromatic nitrogens is 1. The lowest BCUT2D eigenvalue weighted by molar-refractivity contribution is -0.171. The van der Waals surface area contributed by atoms with Crippen molar-refractivity contribution in [3.8, 4) is 11.1 Å². The van der Waals surface area contributed by atoms with Crippen LogP contribution in [0.2, 0.25) is 0 Å². The van der Waals surface area contributed by atoms with Gasteiger partial charge in [-0.15, -0.1) is 0 Å². The minimum Gasteiger partial charge on any atom is -0.461 e. The van der Waals surface area contributed by atoms with Gasteiger partial charge in [-0.25, -0.2) is 9.18 Å². The van der Waals surface area contributed by atoms with Crippen molar-refractivity contribution in [1.29, 1.82) is 0 Å². The summed E-state index contributed by atoms with van der Waals surface area (Å²) in [5.41, 5.74) is 7.47. The van der Waals surface area contributed by atoms with Crippen LogP contribution in [0.4, 0.5) is 10.1 Å². The summed E-state index contributed by atoms with van der Waals surface area (Å²) in [6.45, 7) is 20.7. The first-order chi connectivity index (χ1) is 21.5. The summed E-state index contributed by atoms with van der Waals surface area (Å²) in [5.74, 6) is -0.921. The number of pyridine rings is 1. The number of ether oxygens (including phenoxy) is 2. The first kappa shape index (κ1) is 33.6. The van der Waals surface area contributed by atoms with Crippen molar-refractivity contribution in [2.24, 2.45) is 5.41 Å². The predicted octanol–water partition coefficient (Wildman–Crippen LogP) is 8.09. The molecule has 0 unspecified atom stereocenters. The SMILES string of the molecule is Cc1nc(C)c([C@H](OC(C)(C)C)C(=O)OC(C)C)c(N2CCC(C)(C)CC2)c1-c1ccc2c(c1)CN(C(=O)c1ccc(F)cc1)C2. The number of hydrogen-bond donors (Lipinski definition) is 0. The van der Waals surface area contributed by atoms with E-state index in [-0.39, 0.29) is 23.2 Å². The predicted molar refractivity (Wildman–Crippen MR) is 179 cm³/mol. The second-order valence-corrected chi connectivity index (χ2v) is 14.8. The average molecular weight is 630 g/mol. The van der Waals surface area contributed by atoms with E-state index in [1.54, 1.807) is 4.90 Å². The number of rotatable bonds is 7. The highest BCUT2D eigenvalue weighted by Crippen LogP contribution is 2.46. The van der Waals surface area contributed by atoms with E-state index in [0.717, 1.165) is 70.8 Å². The van der Waals surface area contributed by atoms with Gasteiger partial charge in [0, 0.05) is 54.3 Å². The fourth-order valence-electron chi connectivity index (χ4n) is 6.51. The molecule has 2 aliphatic rings. The number of benzene rings is 2. The molecule has 8 heteroatoms. The van der Waals surface area contributed by atoms with Crippen molar-refractivity contribution in [3.63, 3.8) is 0 Å². The molecule has 7 nitrogen and oxygen atoms in total. The van der Waals surface area contributed by atoms with Crippen LogP contribution in [0.15, 0.2) is 42.5 Å². The molecule has 0 bridgehead atoms. The second-order valence-electron chi connectivity index (χ2n) is 14.8. The van der Waals surface area contributed by atoms with E-state index in [0.29, 0.717) is 18.7 Å². The van der Waals surface area contributed by atoms with Gasteiger partial charge in [-0.05, 0) is 114 Å². The van der Waals surface area contributed by atoms with Crippen molar-refractivity contribution >= 4 is 17.6 Å². The topological polar surface area (TPSA) is 72.0 Å². The Morgan fingerprint density at radius 3 is 2.17 bits per heavy atom. The number of nitrogens with zero attached hydrogens (tertiary/aromatic N) is 3. The van der Waals surface area contributed by atoms with Gasteiger partial charge in [0.05, 0.1) is 17.4 Å². The van der Waals surface area contributed by atoms with Gasteiger partial charge in [-0.2, -0.15) is 0 Å². The van der Waals surface area contributed by atoms with Crippen LogP contribution in [0.5, 0.6) is 0 Å². The Kier molecular flexibility index (Phi) is 9.33. The molecular weight excluding hydrogens is 581 g/mol. The van der Waals surface area contributed by atoms with Crippen LogP contribution < -0.4 is 4.90 Å². The fourth-order valence-corrected chi connectivity index (χ4v) is 6.51. The van der Waals surface area contributed by atoms with E-state index in [9.17, 15) is 14.0 Å². The van der Waals surface area contributed by atoms with Crippen molar-refractivity contribution in [2.75, 3.05) is 18.0 Å². The number of esters is 1. The highest BCUT2D eigenvalue weighted by Gasteiger charge is 2.38. The molecule has 2 aromatic carbocycles. The second kappa shape index (κ2) is 12.8. The number of halogens is 1. The number of aryl methyl sites for hydroxylation is 2. The average Bonchev–Trinajstić information content (AvgIpc) is 3.39. The monoisotopic (exact) mass is 629 g/mol. The summed E-state index contributed by atoms with van der Waals surface area (Å²) in [6.07, 6.45) is 0.766. The van der Waals surface area contributed by atoms with Gasteiger partial charge in [0.15, 0.2) is 6.10 Å². The molecule has 0 N–H and O–H groups in total. The Bertz CT molecular complexity index is 1610. The minimum absolute atomic E-state index is 0.129. The van der Waals surface area contributed by atoms with Crippen molar-refractivity contribution in [3.05, 3.63) is 81.9 Å². The molecule has 46 heavy (non-hydrogen) atoms. The maximum Gasteiger partial charge on any atom is 0.340 e. The lowest BCUT2D eigenvalue weighted by Crippen LogP contribution is -2.39. The zero-order chi connectivity index (χ0) is 33.6. The number of carbonyl (C=O) groups excluding carboxylic acids is 2. The van der Waals surface area contributed by atoms with Crippen LogP contribution in [0, 0.1) is 25.1 Å². The quantitative estimate of drug-likeness (QED) is 0.246. The van der Waals surface area contributed by atoms with E-state index in [2.05, 4.69) is 36.9 Å². The van der Waals surface area contributed by atoms with Gasteiger partial charge in [0.25, 0.3) is 5.91 Å². The van der Waals surface area contributed by atoms with Crippen LogP contribution in [0.1, 0.15) is 106 Å². The Hall–Kier alpha value is -3.78. The zero-order valence-electron chi connectivity index (χ0n) is 28.8. The molecular formula is C38H48FN3O4. The van der Waals surface area contributed by atoms with Crippen LogP contribution >= 0.6 is 0 Å². The summed E-state index contributed by atoms with van der Waals surface area (Å²) in [7, 11) is 0. The Labute approximate surface area is 273 Å². The third-order valence-electron chi connectivity index (χ3n) is 8.91. The third-order valence-corrected chi connectivity index (χ3v) is 8.91. The van der Waals surface area contributed by atoms with E-state index in [4.69, 9.17) is 14.5 Å². The largest absolute Gasteiger partial charge is 0.461 e. The lowest BCUT2D eigenvalue weighted by atomic mass is 9.81. The molecule has 1 aromatic heterocycles. The van der Waals surface area contributed by atoms with Crippen molar-refractivity contribution < 1.29 is 23.5 Å². The minimum atomic E-state index is -0.961. The van der Waals surface area contributed by atoms with Gasteiger partial charge in [0.2, 0.25) is 0 Å². The first-order valence-corrected chi connectivity index (χ1v) is 16.3. The maximum absolute atomic E-state index is 13.8. The number of piperidine rings is 1. The molecule has 5 rings (SSSR count). The molecule has 1 saturated heterocycles. The summed E-state index contributed by atoms with van der Waals surface area (Å²) in [6, 6.07) is 12.0. The summed E-state index contributed by atoms with van der Waals surface area (Å²) < 4.78 is 25.8. The van der Waals surface area contributed by atoms with E-state index >= 15 is 0 Å². The molecule has 0 aliphatic carbocycles. The van der Waals surface area contributed by atoms with E-state index in [1.807, 2.05) is 48.5 Å². The molecule has 246 valence electrons. The maximum atomic E-state index is 13.8. The van der Waals surface area contributed by atoms with Gasteiger partial charge < -0.3 is 19.3 Å². The number of carbonyl (C=O) groups is 2. The summed E-state index contributed by atoms with van der Waals surface area (Å²) in [4.78, 5) is 36.3. The van der Waals surface area contributed by atoms with Crippen LogP contribution in [0.3, 0.4) is 0 Å². The lowest BCUT2D eigenvalue weighted by Gasteiger charge is -2.41. The van der Waals surface area contributed by atoms with Gasteiger partial charge in [-0.1, -0.05) is 26.0 Å². The van der Waals surface area contributed by atoms with Crippen molar-refractivity contribution in [2.45, 2.75) is 106 Å². The number of amides is 1. The highest BCUT2D eigenvalue weighted by atomic mass is 19.1. The van der Waals surface area contributed by atoms with Crippen LogP contribution in [-0.4, -0.2) is 46.6 Å². The highest BCUT2D eigenvalue weighted by molar-refractivity contribution is 5.94. The first-order valence-electron chi connectivity index (χ1n) is 16.3. The van der Waals surface area contributed by atoms with Crippen LogP contribution in [-0.2, 0) is 27.4 Å². The number of hydrogen-bond acceptors (Lipinski definition) is 6. The Balaban J connectivity index is 1.62. The van der Waals surface area contributed by atoms with Crippen molar-refractivity contribution in [1.82, 2.24) is 9.88 Å². The smallest absolute Gasteiger partial charge is 0.340 e.